The highest BCUT2D eigenvalue weighted by Crippen LogP contribution is 2.34. The van der Waals surface area contributed by atoms with Gasteiger partial charge in [-0.05, 0) is 30.5 Å². The van der Waals surface area contributed by atoms with Crippen LogP contribution in [0.15, 0.2) is 18.2 Å². The summed E-state index contributed by atoms with van der Waals surface area (Å²) in [6.45, 7) is 3.24. The van der Waals surface area contributed by atoms with E-state index >= 15 is 0 Å². The molecule has 0 amide bonds. The van der Waals surface area contributed by atoms with Gasteiger partial charge in [0.2, 0.25) is 0 Å². The first-order valence-electron chi connectivity index (χ1n) is 5.56. The molecule has 0 saturated carbocycles. The van der Waals surface area contributed by atoms with Crippen molar-refractivity contribution >= 4 is 23.0 Å². The second kappa shape index (κ2) is 4.52. The van der Waals surface area contributed by atoms with E-state index in [1.54, 1.807) is 6.07 Å². The number of nitrogens with zero attached hydrogens (tertiary/aromatic N) is 1. The number of rotatable bonds is 2. The number of anilines is 2. The Morgan fingerprint density at radius 3 is 3.00 bits per heavy atom. The quantitative estimate of drug-likeness (QED) is 0.779. The molecule has 1 aliphatic heterocycles. The lowest BCUT2D eigenvalue weighted by atomic mass is 10.0. The fraction of sp³-hybridized carbons (Fsp3) is 0.500. The highest BCUT2D eigenvalue weighted by molar-refractivity contribution is 6.31. The minimum absolute atomic E-state index is 0.153. The lowest BCUT2D eigenvalue weighted by Crippen LogP contribution is -2.35. The molecule has 3 N–H and O–H groups in total. The first kappa shape index (κ1) is 11.6. The van der Waals surface area contributed by atoms with Crippen LogP contribution in [-0.4, -0.2) is 24.3 Å². The molecule has 1 saturated heterocycles. The van der Waals surface area contributed by atoms with Crippen LogP contribution < -0.4 is 10.6 Å². The van der Waals surface area contributed by atoms with Gasteiger partial charge in [0.15, 0.2) is 0 Å². The third kappa shape index (κ3) is 1.97. The highest BCUT2D eigenvalue weighted by atomic mass is 35.5. The summed E-state index contributed by atoms with van der Waals surface area (Å²) >= 11 is 5.98. The van der Waals surface area contributed by atoms with E-state index in [4.69, 9.17) is 17.3 Å². The molecule has 4 heteroatoms. The van der Waals surface area contributed by atoms with Crippen LogP contribution in [0.4, 0.5) is 11.4 Å². The Hall–Kier alpha value is -0.930. The second-order valence-corrected chi connectivity index (χ2v) is 4.85. The zero-order valence-corrected chi connectivity index (χ0v) is 10.1. The van der Waals surface area contributed by atoms with Crippen LogP contribution in [-0.2, 0) is 0 Å². The summed E-state index contributed by atoms with van der Waals surface area (Å²) in [6, 6.07) is 5.63. The van der Waals surface area contributed by atoms with Crippen molar-refractivity contribution in [2.45, 2.75) is 19.4 Å². The first-order chi connectivity index (χ1) is 7.63. The maximum Gasteiger partial charge on any atom is 0.0637 e. The first-order valence-corrected chi connectivity index (χ1v) is 5.94. The smallest absolute Gasteiger partial charge is 0.0637 e. The van der Waals surface area contributed by atoms with E-state index < -0.39 is 0 Å². The fourth-order valence-electron chi connectivity index (χ4n) is 2.35. The second-order valence-electron chi connectivity index (χ2n) is 4.41. The van der Waals surface area contributed by atoms with Crippen LogP contribution in [0.5, 0.6) is 0 Å². The van der Waals surface area contributed by atoms with Gasteiger partial charge in [0.25, 0.3) is 0 Å². The lowest BCUT2D eigenvalue weighted by Gasteiger charge is -2.28. The van der Waals surface area contributed by atoms with Crippen LogP contribution in [0.2, 0.25) is 5.02 Å². The largest absolute Gasteiger partial charge is 0.397 e. The summed E-state index contributed by atoms with van der Waals surface area (Å²) < 4.78 is 0. The molecule has 0 spiro atoms. The molecule has 0 aromatic heterocycles. The van der Waals surface area contributed by atoms with Crippen LogP contribution in [0.1, 0.15) is 13.3 Å². The summed E-state index contributed by atoms with van der Waals surface area (Å²) in [5.74, 6) is 0.489. The predicted octanol–water partition coefficient (Wildman–Crippen LogP) is 2.13. The Balaban J connectivity index is 2.33. The fourth-order valence-corrected chi connectivity index (χ4v) is 2.52. The van der Waals surface area contributed by atoms with Crippen LogP contribution in [0.3, 0.4) is 0 Å². The average Bonchev–Trinajstić information content (AvgIpc) is 2.63. The van der Waals surface area contributed by atoms with Crippen LogP contribution in [0, 0.1) is 5.92 Å². The monoisotopic (exact) mass is 240 g/mol. The summed E-state index contributed by atoms with van der Waals surface area (Å²) in [5.41, 5.74) is 7.61. The van der Waals surface area contributed by atoms with E-state index in [0.29, 0.717) is 10.9 Å². The maximum absolute atomic E-state index is 9.41. The number of halogens is 1. The third-order valence-electron chi connectivity index (χ3n) is 3.37. The molecule has 2 unspecified atom stereocenters. The number of nitrogen functional groups attached to an aromatic ring is 1. The van der Waals surface area contributed by atoms with Gasteiger partial charge in [-0.15, -0.1) is 0 Å². The van der Waals surface area contributed by atoms with Crippen LogP contribution >= 0.6 is 11.6 Å². The Morgan fingerprint density at radius 2 is 2.31 bits per heavy atom. The Bertz CT molecular complexity index is 383. The summed E-state index contributed by atoms with van der Waals surface area (Å²) in [6.07, 6.45) is 1.08. The van der Waals surface area contributed by atoms with E-state index in [9.17, 15) is 5.11 Å². The van der Waals surface area contributed by atoms with E-state index in [1.165, 1.54) is 0 Å². The lowest BCUT2D eigenvalue weighted by molar-refractivity contribution is 0.245. The number of aliphatic hydroxyl groups excluding tert-OH is 1. The van der Waals surface area contributed by atoms with Crippen molar-refractivity contribution in [3.05, 3.63) is 23.2 Å². The normalized spacial score (nSPS) is 25.1. The molecular formula is C12H17ClN2O. The topological polar surface area (TPSA) is 49.5 Å². The molecule has 0 bridgehead atoms. The molecule has 0 radical (unpaired) electrons. The van der Waals surface area contributed by atoms with Gasteiger partial charge in [0.1, 0.15) is 0 Å². The highest BCUT2D eigenvalue weighted by Gasteiger charge is 2.31. The van der Waals surface area contributed by atoms with Gasteiger partial charge in [-0.1, -0.05) is 18.5 Å². The van der Waals surface area contributed by atoms with E-state index in [1.807, 2.05) is 12.1 Å². The molecule has 1 fully saturated rings. The van der Waals surface area contributed by atoms with Gasteiger partial charge < -0.3 is 15.7 Å². The minimum atomic E-state index is 0.153. The van der Waals surface area contributed by atoms with Crippen molar-refractivity contribution in [2.24, 2.45) is 5.92 Å². The van der Waals surface area contributed by atoms with Crippen molar-refractivity contribution in [3.63, 3.8) is 0 Å². The molecule has 88 valence electrons. The molecular weight excluding hydrogens is 224 g/mol. The van der Waals surface area contributed by atoms with Crippen molar-refractivity contribution in [1.29, 1.82) is 0 Å². The number of hydrogen-bond acceptors (Lipinski definition) is 3. The Labute approximate surface area is 101 Å². The molecule has 1 aliphatic rings. The van der Waals surface area contributed by atoms with Gasteiger partial charge in [-0.25, -0.2) is 0 Å². The van der Waals surface area contributed by atoms with Crippen molar-refractivity contribution in [1.82, 2.24) is 0 Å². The van der Waals surface area contributed by atoms with E-state index in [0.717, 1.165) is 24.3 Å². The summed E-state index contributed by atoms with van der Waals surface area (Å²) in [4.78, 5) is 2.16. The summed E-state index contributed by atoms with van der Waals surface area (Å²) in [7, 11) is 0. The molecule has 1 aromatic carbocycles. The van der Waals surface area contributed by atoms with Gasteiger partial charge in [0.05, 0.1) is 24.0 Å². The molecule has 0 aliphatic carbocycles. The van der Waals surface area contributed by atoms with Gasteiger partial charge in [-0.3, -0.25) is 0 Å². The average molecular weight is 241 g/mol. The van der Waals surface area contributed by atoms with Crippen molar-refractivity contribution in [3.8, 4) is 0 Å². The minimum Gasteiger partial charge on any atom is -0.397 e. The Kier molecular flexibility index (Phi) is 3.26. The third-order valence-corrected chi connectivity index (χ3v) is 3.61. The molecule has 2 rings (SSSR count). The number of benzene rings is 1. The zero-order valence-electron chi connectivity index (χ0n) is 9.36. The number of nitrogens with two attached hydrogens (primary N) is 1. The maximum atomic E-state index is 9.41. The molecule has 3 nitrogen and oxygen atoms in total. The van der Waals surface area contributed by atoms with Gasteiger partial charge in [0, 0.05) is 11.6 Å². The van der Waals surface area contributed by atoms with E-state index in [-0.39, 0.29) is 12.6 Å². The van der Waals surface area contributed by atoms with E-state index in [2.05, 4.69) is 11.8 Å². The number of aliphatic hydroxyl groups is 1. The summed E-state index contributed by atoms with van der Waals surface area (Å²) in [5, 5.41) is 10.1. The molecule has 1 aromatic rings. The SMILES string of the molecule is CC1CCN(c2cc(Cl)ccc2N)C1CO. The molecule has 2 atom stereocenters. The molecule has 16 heavy (non-hydrogen) atoms. The standard InChI is InChI=1S/C12H17ClN2O/c1-8-4-5-15(12(8)7-16)11-6-9(13)2-3-10(11)14/h2-3,6,8,12,16H,4-5,7,14H2,1H3. The van der Waals surface area contributed by atoms with Crippen LogP contribution in [0.25, 0.3) is 0 Å². The van der Waals surface area contributed by atoms with Gasteiger partial charge in [-0.2, -0.15) is 0 Å². The molecule has 1 heterocycles. The van der Waals surface area contributed by atoms with Crippen molar-refractivity contribution < 1.29 is 5.11 Å². The predicted molar refractivity (Wildman–Crippen MR) is 67.9 cm³/mol. The number of hydrogen-bond donors (Lipinski definition) is 2. The van der Waals surface area contributed by atoms with Crippen molar-refractivity contribution in [2.75, 3.05) is 23.8 Å². The Morgan fingerprint density at radius 1 is 1.56 bits per heavy atom. The van der Waals surface area contributed by atoms with Gasteiger partial charge >= 0.3 is 0 Å². The zero-order chi connectivity index (χ0) is 11.7.